The third-order valence-electron chi connectivity index (χ3n) is 3.08. The van der Waals surface area contributed by atoms with E-state index in [4.69, 9.17) is 9.47 Å². The van der Waals surface area contributed by atoms with Gasteiger partial charge in [-0.2, -0.15) is 4.98 Å². The summed E-state index contributed by atoms with van der Waals surface area (Å²) in [6, 6.07) is 2.87. The van der Waals surface area contributed by atoms with Crippen molar-refractivity contribution in [2.75, 3.05) is 51.8 Å². The fourth-order valence-corrected chi connectivity index (χ4v) is 1.98. The van der Waals surface area contributed by atoms with Gasteiger partial charge < -0.3 is 14.8 Å². The van der Waals surface area contributed by atoms with Crippen LogP contribution in [0.5, 0.6) is 5.88 Å². The molecule has 1 saturated heterocycles. The molecule has 2 heterocycles. The summed E-state index contributed by atoms with van der Waals surface area (Å²) in [5.74, 6) is 0.590. The number of nitro groups is 1. The Hall–Kier alpha value is -1.93. The number of hydrogen-bond donors (Lipinski definition) is 1. The fraction of sp³-hybridized carbons (Fsp3) is 0.583. The molecule has 0 atom stereocenters. The van der Waals surface area contributed by atoms with Crippen LogP contribution in [-0.4, -0.2) is 61.3 Å². The van der Waals surface area contributed by atoms with Crippen molar-refractivity contribution in [2.24, 2.45) is 0 Å². The summed E-state index contributed by atoms with van der Waals surface area (Å²) in [5.41, 5.74) is -0.0484. The molecule has 0 saturated carbocycles. The lowest BCUT2D eigenvalue weighted by molar-refractivity contribution is -0.384. The molecule has 2 rings (SSSR count). The molecule has 0 unspecified atom stereocenters. The molecular weight excluding hydrogens is 264 g/mol. The minimum Gasteiger partial charge on any atom is -0.481 e. The van der Waals surface area contributed by atoms with Gasteiger partial charge in [0.15, 0.2) is 0 Å². The summed E-state index contributed by atoms with van der Waals surface area (Å²) in [7, 11) is 1.48. The molecule has 1 fully saturated rings. The highest BCUT2D eigenvalue weighted by molar-refractivity contribution is 5.57. The fourth-order valence-electron chi connectivity index (χ4n) is 1.98. The molecule has 1 N–H and O–H groups in total. The molecule has 0 spiro atoms. The molecule has 0 aromatic carbocycles. The van der Waals surface area contributed by atoms with Crippen LogP contribution in [0.25, 0.3) is 0 Å². The Bertz CT molecular complexity index is 463. The number of rotatable bonds is 6. The average molecular weight is 282 g/mol. The summed E-state index contributed by atoms with van der Waals surface area (Å²) in [6.07, 6.45) is 0. The number of nitrogens with one attached hydrogen (secondary N) is 1. The maximum absolute atomic E-state index is 10.9. The van der Waals surface area contributed by atoms with Crippen LogP contribution in [0.4, 0.5) is 11.5 Å². The second-order valence-electron chi connectivity index (χ2n) is 4.36. The van der Waals surface area contributed by atoms with Gasteiger partial charge in [-0.15, -0.1) is 0 Å². The Morgan fingerprint density at radius 2 is 2.25 bits per heavy atom. The maximum Gasteiger partial charge on any atom is 0.311 e. The largest absolute Gasteiger partial charge is 0.481 e. The molecule has 110 valence electrons. The molecule has 0 radical (unpaired) electrons. The van der Waals surface area contributed by atoms with Crippen molar-refractivity contribution in [3.05, 3.63) is 22.2 Å². The second-order valence-corrected chi connectivity index (χ2v) is 4.36. The van der Waals surface area contributed by atoms with Crippen molar-refractivity contribution in [2.45, 2.75) is 0 Å². The van der Waals surface area contributed by atoms with E-state index in [0.29, 0.717) is 12.4 Å². The number of pyridine rings is 1. The minimum absolute atomic E-state index is 0.0484. The van der Waals surface area contributed by atoms with Crippen LogP contribution >= 0.6 is 0 Å². The summed E-state index contributed by atoms with van der Waals surface area (Å²) in [5, 5.41) is 13.9. The van der Waals surface area contributed by atoms with E-state index < -0.39 is 4.92 Å². The van der Waals surface area contributed by atoms with Crippen molar-refractivity contribution in [1.82, 2.24) is 9.88 Å². The lowest BCUT2D eigenvalue weighted by atomic mass is 10.3. The maximum atomic E-state index is 10.9. The monoisotopic (exact) mass is 282 g/mol. The van der Waals surface area contributed by atoms with Gasteiger partial charge in [0.05, 0.1) is 25.2 Å². The van der Waals surface area contributed by atoms with Gasteiger partial charge in [0, 0.05) is 38.3 Å². The van der Waals surface area contributed by atoms with Crippen molar-refractivity contribution in [3.63, 3.8) is 0 Å². The van der Waals surface area contributed by atoms with Gasteiger partial charge >= 0.3 is 5.69 Å². The molecule has 8 heteroatoms. The standard InChI is InChI=1S/C12H18N4O4/c1-19-11-3-2-10(16(17)18)12(14-11)13-4-5-15-6-8-20-9-7-15/h2-3H,4-9H2,1H3,(H,13,14). The smallest absolute Gasteiger partial charge is 0.311 e. The highest BCUT2D eigenvalue weighted by Gasteiger charge is 2.16. The average Bonchev–Trinajstić information content (AvgIpc) is 2.48. The number of anilines is 1. The second kappa shape index (κ2) is 7.01. The Balaban J connectivity index is 1.94. The van der Waals surface area contributed by atoms with Gasteiger partial charge in [0.25, 0.3) is 0 Å². The summed E-state index contributed by atoms with van der Waals surface area (Å²) < 4.78 is 10.3. The Morgan fingerprint density at radius 3 is 2.90 bits per heavy atom. The zero-order chi connectivity index (χ0) is 14.4. The molecular formula is C12H18N4O4. The van der Waals surface area contributed by atoms with E-state index >= 15 is 0 Å². The Labute approximate surface area is 116 Å². The van der Waals surface area contributed by atoms with Crippen molar-refractivity contribution < 1.29 is 14.4 Å². The number of morpholine rings is 1. The van der Waals surface area contributed by atoms with Gasteiger partial charge in [-0.1, -0.05) is 0 Å². The van der Waals surface area contributed by atoms with Gasteiger partial charge in [-0.3, -0.25) is 15.0 Å². The predicted octanol–water partition coefficient (Wildman–Crippen LogP) is 0.742. The van der Waals surface area contributed by atoms with Gasteiger partial charge in [-0.25, -0.2) is 0 Å². The van der Waals surface area contributed by atoms with Crippen LogP contribution in [0.15, 0.2) is 12.1 Å². The van der Waals surface area contributed by atoms with Gasteiger partial charge in [0.2, 0.25) is 11.7 Å². The number of aromatic nitrogens is 1. The third kappa shape index (κ3) is 3.78. The van der Waals surface area contributed by atoms with E-state index in [1.54, 1.807) is 0 Å². The quantitative estimate of drug-likeness (QED) is 0.608. The first kappa shape index (κ1) is 14.5. The lowest BCUT2D eigenvalue weighted by Crippen LogP contribution is -2.39. The number of nitrogens with zero attached hydrogens (tertiary/aromatic N) is 3. The molecule has 1 aliphatic heterocycles. The van der Waals surface area contributed by atoms with Crippen LogP contribution in [0.3, 0.4) is 0 Å². The third-order valence-corrected chi connectivity index (χ3v) is 3.08. The lowest BCUT2D eigenvalue weighted by Gasteiger charge is -2.26. The van der Waals surface area contributed by atoms with Crippen LogP contribution < -0.4 is 10.1 Å². The van der Waals surface area contributed by atoms with E-state index in [2.05, 4.69) is 15.2 Å². The molecule has 0 amide bonds. The first-order valence-electron chi connectivity index (χ1n) is 6.44. The van der Waals surface area contributed by atoms with Crippen LogP contribution in [0, 0.1) is 10.1 Å². The highest BCUT2D eigenvalue weighted by Crippen LogP contribution is 2.24. The number of hydrogen-bond acceptors (Lipinski definition) is 7. The number of methoxy groups -OCH3 is 1. The topological polar surface area (TPSA) is 89.8 Å². The first-order chi connectivity index (χ1) is 9.70. The zero-order valence-electron chi connectivity index (χ0n) is 11.4. The molecule has 1 aromatic rings. The van der Waals surface area contributed by atoms with Gasteiger partial charge in [0.1, 0.15) is 0 Å². The van der Waals surface area contributed by atoms with Crippen LogP contribution in [0.2, 0.25) is 0 Å². The molecule has 20 heavy (non-hydrogen) atoms. The Morgan fingerprint density at radius 1 is 1.50 bits per heavy atom. The molecule has 1 aromatic heterocycles. The van der Waals surface area contributed by atoms with E-state index in [-0.39, 0.29) is 11.5 Å². The predicted molar refractivity (Wildman–Crippen MR) is 73.2 cm³/mol. The highest BCUT2D eigenvalue weighted by atomic mass is 16.6. The first-order valence-corrected chi connectivity index (χ1v) is 6.44. The van der Waals surface area contributed by atoms with Crippen molar-refractivity contribution in [1.29, 1.82) is 0 Å². The van der Waals surface area contributed by atoms with E-state index in [1.165, 1.54) is 19.2 Å². The minimum atomic E-state index is -0.455. The Kier molecular flexibility index (Phi) is 5.08. The molecule has 0 aliphatic carbocycles. The van der Waals surface area contributed by atoms with E-state index in [1.807, 2.05) is 0 Å². The summed E-state index contributed by atoms with van der Waals surface area (Å²) in [4.78, 5) is 16.8. The molecule has 8 nitrogen and oxygen atoms in total. The van der Waals surface area contributed by atoms with Crippen molar-refractivity contribution >= 4 is 11.5 Å². The summed E-state index contributed by atoms with van der Waals surface area (Å²) in [6.45, 7) is 4.61. The summed E-state index contributed by atoms with van der Waals surface area (Å²) >= 11 is 0. The van der Waals surface area contributed by atoms with Crippen LogP contribution in [0.1, 0.15) is 0 Å². The van der Waals surface area contributed by atoms with E-state index in [0.717, 1.165) is 32.8 Å². The molecule has 1 aliphatic rings. The molecule has 0 bridgehead atoms. The van der Waals surface area contributed by atoms with Crippen molar-refractivity contribution in [3.8, 4) is 5.88 Å². The number of ether oxygens (including phenoxy) is 2. The van der Waals surface area contributed by atoms with E-state index in [9.17, 15) is 10.1 Å². The van der Waals surface area contributed by atoms with Crippen LogP contribution in [-0.2, 0) is 4.74 Å². The SMILES string of the molecule is COc1ccc([N+](=O)[O-])c(NCCN2CCOCC2)n1. The van der Waals surface area contributed by atoms with Gasteiger partial charge in [-0.05, 0) is 0 Å². The normalized spacial score (nSPS) is 15.8. The zero-order valence-corrected chi connectivity index (χ0v) is 11.4.